The van der Waals surface area contributed by atoms with Crippen LogP contribution in [0.2, 0.25) is 0 Å². The molecule has 0 N–H and O–H groups in total. The van der Waals surface area contributed by atoms with Gasteiger partial charge in [0.25, 0.3) is 0 Å². The van der Waals surface area contributed by atoms with Crippen molar-refractivity contribution in [3.8, 4) is 0 Å². The minimum atomic E-state index is 0.979. The van der Waals surface area contributed by atoms with Crippen molar-refractivity contribution in [2.24, 2.45) is 0 Å². The molecular formula is C2H4S52. The van der Waals surface area contributed by atoms with Crippen molar-refractivity contribution in [2.75, 3.05) is 0 Å². The van der Waals surface area contributed by atoms with Crippen LogP contribution in [-0.4, -0.2) is 4.20 Å². The molecule has 0 atom stereocenters. The predicted molar refractivity (Wildman–Crippen MR) is 407 cm³/mol. The third kappa shape index (κ3) is 69.9. The van der Waals surface area contributed by atoms with Gasteiger partial charge in [-0.05, 0) is 175 Å². The summed E-state index contributed by atoms with van der Waals surface area (Å²) >= 11 is 9.13. The van der Waals surface area contributed by atoms with Gasteiger partial charge in [-0.1, -0.05) is 23.9 Å². The third-order valence-electron chi connectivity index (χ3n) is 1.49. The Hall–Kier alpha value is 17.9. The first-order valence-electron chi connectivity index (χ1n) is 9.26. The van der Waals surface area contributed by atoms with Crippen molar-refractivity contribution in [3.05, 3.63) is 0 Å². The molecule has 0 bridgehead atoms. The lowest BCUT2D eigenvalue weighted by atomic mass is 11.0. The molecule has 0 fully saturated rings. The van der Waals surface area contributed by atoms with E-state index < -0.39 is 0 Å². The van der Waals surface area contributed by atoms with Gasteiger partial charge in [0.15, 0.2) is 0 Å². The zero-order chi connectivity index (χ0) is 38.9. The van der Waals surface area contributed by atoms with E-state index in [1.54, 1.807) is 109 Å². The molecule has 52 heteroatoms. The molecule has 0 radical (unpaired) electrons. The molecule has 0 aromatic carbocycles. The summed E-state index contributed by atoms with van der Waals surface area (Å²) in [6.45, 7) is 1.96. The fraction of sp³-hybridized carbons (Fsp3) is 0.500. The molecule has 0 amide bonds. The van der Waals surface area contributed by atoms with Crippen LogP contribution >= 0.6 is 516 Å². The lowest BCUT2D eigenvalue weighted by Gasteiger charge is -2.00. The van der Waals surface area contributed by atoms with Crippen molar-refractivity contribution in [3.63, 3.8) is 0 Å². The average Bonchev–Trinajstić information content (AvgIpc) is 3.17. The smallest absolute Gasteiger partial charge is 0.0564 e. The van der Waals surface area contributed by atoms with Crippen LogP contribution in [-0.2, 0) is 0 Å². The first kappa shape index (κ1) is 71.9. The van der Waals surface area contributed by atoms with E-state index in [0.29, 0.717) is 0 Å². The summed E-state index contributed by atoms with van der Waals surface area (Å²) in [6, 6.07) is 0. The van der Waals surface area contributed by atoms with Crippen LogP contribution in [0, 0.1) is 0 Å². The molecule has 0 aromatic heterocycles. The van der Waals surface area contributed by atoms with E-state index in [4.69, 9.17) is 12.2 Å². The molecule has 0 unspecified atom stereocenters. The number of hydrogen-bond acceptors (Lipinski definition) is 52. The Bertz CT molecular complexity index is 659. The van der Waals surface area contributed by atoms with Crippen LogP contribution in [0.25, 0.3) is 0 Å². The summed E-state index contributed by atoms with van der Waals surface area (Å²) < 4.78 is 0.979. The summed E-state index contributed by atoms with van der Waals surface area (Å²) in [5.41, 5.74) is 0. The molecule has 0 aromatic rings. The van der Waals surface area contributed by atoms with Gasteiger partial charge in [-0.2, -0.15) is 0 Å². The van der Waals surface area contributed by atoms with Crippen molar-refractivity contribution in [1.82, 2.24) is 0 Å². The fourth-order valence-electron chi connectivity index (χ4n) is 0.596. The normalized spacial score (nSPS) is 11.6. The first-order valence-corrected chi connectivity index (χ1v) is 76.9. The Morgan fingerprint density at radius 3 is 0.444 bits per heavy atom. The maximum absolute atomic E-state index is 5.04. The average molecular weight is 1700 g/mol. The van der Waals surface area contributed by atoms with Crippen molar-refractivity contribution >= 4 is 520 Å². The molecule has 0 heterocycles. The standard InChI is InChI=1S/C2H4S52/c1-2(3)5-7-9-11-13-15-17-19-21-23-25-27-29-31-33-35-37-39-41-43-45-47-49-51-53-54-52-50-48-46-44-42-40-38-36-34-32-30-28-26-24-22-20-18-16-14-12-10-8-6-4/h4H,1H3. The second-order valence-corrected chi connectivity index (χ2v) is 92.9. The highest BCUT2D eigenvalue weighted by atomic mass is 34.1. The highest BCUT2D eigenvalue weighted by Gasteiger charge is 2.04. The number of thiocarbonyl (C=S) groups is 1. The van der Waals surface area contributed by atoms with E-state index in [-0.39, 0.29) is 0 Å². The highest BCUT2D eigenvalue weighted by molar-refractivity contribution is 9.63. The summed E-state index contributed by atoms with van der Waals surface area (Å²) in [6.07, 6.45) is 0. The minimum Gasteiger partial charge on any atom is -0.0988 e. The van der Waals surface area contributed by atoms with Gasteiger partial charge in [-0.15, -0.1) is 0 Å². The number of thiol groups is 1. The predicted octanol–water partition coefficient (Wildman–Crippen LogP) is 33.7. The second kappa shape index (κ2) is 69.0. The Labute approximate surface area is 513 Å². The number of hydrogen-bond donors (Lipinski definition) is 1. The van der Waals surface area contributed by atoms with Gasteiger partial charge in [0.1, 0.15) is 0 Å². The van der Waals surface area contributed by atoms with Crippen LogP contribution in [0.4, 0.5) is 0 Å². The summed E-state index contributed by atoms with van der Waals surface area (Å²) in [5, 5.41) is 0. The van der Waals surface area contributed by atoms with Gasteiger partial charge in [-0.3, -0.25) is 0 Å². The second-order valence-electron chi connectivity index (χ2n) is 3.92. The highest BCUT2D eigenvalue weighted by Crippen LogP contribution is 2.69. The molecule has 0 nitrogen and oxygen atoms in total. The molecule has 0 aliphatic rings. The lowest BCUT2D eigenvalue weighted by Crippen LogP contribution is -1.64. The van der Waals surface area contributed by atoms with Crippen LogP contribution in [0.3, 0.4) is 0 Å². The molecule has 54 heavy (non-hydrogen) atoms. The maximum Gasteiger partial charge on any atom is 0.0564 e. The van der Waals surface area contributed by atoms with E-state index in [2.05, 4.69) is 11.7 Å². The molecule has 0 saturated carbocycles. The van der Waals surface area contributed by atoms with E-state index in [9.17, 15) is 0 Å². The minimum absolute atomic E-state index is 0.979. The zero-order valence-corrected chi connectivity index (χ0v) is 65.3. The van der Waals surface area contributed by atoms with Crippen molar-refractivity contribution in [1.29, 1.82) is 0 Å². The molecular weight excluding hydrogens is 1690 g/mol. The first-order chi connectivity index (χ1) is 26.8. The van der Waals surface area contributed by atoms with Gasteiger partial charge in [0.05, 0.1) is 4.20 Å². The van der Waals surface area contributed by atoms with Gasteiger partial charge in [0, 0.05) is 324 Å². The quantitative estimate of drug-likeness (QED) is 0.0266. The van der Waals surface area contributed by atoms with Crippen LogP contribution in [0.15, 0.2) is 0 Å². The molecule has 0 spiro atoms. The van der Waals surface area contributed by atoms with E-state index in [1.165, 1.54) is 9.83 Å². The molecule has 0 rings (SSSR count). The van der Waals surface area contributed by atoms with Crippen LogP contribution in [0.5, 0.6) is 0 Å². The summed E-state index contributed by atoms with van der Waals surface area (Å²) in [4.78, 5) is 0. The van der Waals surface area contributed by atoms with Crippen LogP contribution in [0.1, 0.15) is 6.92 Å². The Morgan fingerprint density at radius 2 is 0.333 bits per heavy atom. The lowest BCUT2D eigenvalue weighted by molar-refractivity contribution is 2.12. The van der Waals surface area contributed by atoms with Crippen molar-refractivity contribution < 1.29 is 0 Å². The Morgan fingerprint density at radius 1 is 0.222 bits per heavy atom. The van der Waals surface area contributed by atoms with Gasteiger partial charge in [-0.25, -0.2) is 0 Å². The third-order valence-corrected chi connectivity index (χ3v) is 111. The van der Waals surface area contributed by atoms with Gasteiger partial charge < -0.3 is 0 Å². The molecule has 0 aliphatic heterocycles. The van der Waals surface area contributed by atoms with Gasteiger partial charge in [0.2, 0.25) is 0 Å². The fourth-order valence-corrected chi connectivity index (χ4v) is 133. The van der Waals surface area contributed by atoms with Crippen LogP contribution < -0.4 is 0 Å². The largest absolute Gasteiger partial charge is 0.0988 e. The summed E-state index contributed by atoms with van der Waals surface area (Å²) in [7, 11) is 90.2. The Balaban J connectivity index is 3.05. The van der Waals surface area contributed by atoms with E-state index >= 15 is 0 Å². The molecule has 0 saturated heterocycles. The maximum atomic E-state index is 5.04. The van der Waals surface area contributed by atoms with Crippen molar-refractivity contribution in [2.45, 2.75) is 6.92 Å². The van der Waals surface area contributed by atoms with E-state index in [1.807, 2.05) is 380 Å². The van der Waals surface area contributed by atoms with Gasteiger partial charge >= 0.3 is 0 Å². The topological polar surface area (TPSA) is 0 Å². The zero-order valence-electron chi connectivity index (χ0n) is 22.8. The molecule has 0 aliphatic carbocycles. The monoisotopic (exact) mass is 1690 g/mol. The molecule has 324 valence electrons. The number of rotatable bonds is 49. The Kier molecular flexibility index (Phi) is 91.9. The SMILES string of the molecule is CC(=S)SSSSSSSSSSSSSSSSSSSSSSSSSSSSSSSSSSSSSSSSSSSSSSSSSSS. The summed E-state index contributed by atoms with van der Waals surface area (Å²) in [5.74, 6) is 0. The van der Waals surface area contributed by atoms with E-state index in [0.717, 1.165) is 4.20 Å².